The van der Waals surface area contributed by atoms with E-state index in [-0.39, 0.29) is 6.04 Å². The Balaban J connectivity index is 1.33. The first-order valence-corrected chi connectivity index (χ1v) is 13.8. The summed E-state index contributed by atoms with van der Waals surface area (Å²) in [5.74, 6) is 1.87. The summed E-state index contributed by atoms with van der Waals surface area (Å²) in [6.45, 7) is 0. The van der Waals surface area contributed by atoms with Crippen LogP contribution >= 0.6 is 0 Å². The van der Waals surface area contributed by atoms with E-state index in [4.69, 9.17) is 26.1 Å². The number of hydrogen-bond donors (Lipinski definition) is 2. The quantitative estimate of drug-likeness (QED) is 0.190. The van der Waals surface area contributed by atoms with Crippen LogP contribution in [0.25, 0.3) is 45.3 Å². The Morgan fingerprint density at radius 2 is 1.00 bits per heavy atom. The minimum Gasteiger partial charge on any atom is -0.321 e. The third kappa shape index (κ3) is 5.97. The highest BCUT2D eigenvalue weighted by molar-refractivity contribution is 6.06. The molecule has 1 unspecified atom stereocenters. The molecule has 1 aromatic heterocycles. The van der Waals surface area contributed by atoms with Crippen LogP contribution in [0.2, 0.25) is 0 Å². The Bertz CT molecular complexity index is 1770. The van der Waals surface area contributed by atoms with E-state index in [9.17, 15) is 0 Å². The second-order valence-corrected chi connectivity index (χ2v) is 9.87. The van der Waals surface area contributed by atoms with Crippen LogP contribution in [0, 0.1) is 5.41 Å². The van der Waals surface area contributed by atoms with Crippen molar-refractivity contribution in [3.8, 4) is 45.3 Å². The van der Waals surface area contributed by atoms with Crippen LogP contribution in [0.5, 0.6) is 0 Å². The Kier molecular flexibility index (Phi) is 7.84. The summed E-state index contributed by atoms with van der Waals surface area (Å²) >= 11 is 0. The third-order valence-electron chi connectivity index (χ3n) is 7.03. The highest BCUT2D eigenvalue weighted by Gasteiger charge is 2.15. The van der Waals surface area contributed by atoms with Gasteiger partial charge in [-0.15, -0.1) is 0 Å². The number of hydrogen-bond acceptors (Lipinski definition) is 5. The first-order valence-electron chi connectivity index (χ1n) is 13.8. The van der Waals surface area contributed by atoms with E-state index < -0.39 is 0 Å². The molecule has 5 aromatic carbocycles. The fourth-order valence-corrected chi connectivity index (χ4v) is 4.77. The molecule has 0 spiro atoms. The Hall–Kier alpha value is -5.52. The molecule has 3 N–H and O–H groups in total. The van der Waals surface area contributed by atoms with Crippen molar-refractivity contribution in [3.63, 3.8) is 0 Å². The molecule has 0 bridgehead atoms. The predicted octanol–water partition coefficient (Wildman–Crippen LogP) is 8.16. The van der Waals surface area contributed by atoms with Crippen molar-refractivity contribution < 1.29 is 0 Å². The zero-order valence-corrected chi connectivity index (χ0v) is 22.9. The lowest BCUT2D eigenvalue weighted by Crippen LogP contribution is -2.07. The van der Waals surface area contributed by atoms with Crippen molar-refractivity contribution in [3.05, 3.63) is 163 Å². The normalized spacial score (nSPS) is 11.8. The second kappa shape index (κ2) is 12.3. The van der Waals surface area contributed by atoms with E-state index in [1.54, 1.807) is 6.08 Å². The summed E-state index contributed by atoms with van der Waals surface area (Å²) in [5.41, 5.74) is 13.6. The molecule has 42 heavy (non-hydrogen) atoms. The maximum Gasteiger partial charge on any atom is 0.164 e. The Morgan fingerprint density at radius 1 is 0.524 bits per heavy atom. The number of benzene rings is 5. The number of allylic oxidation sites excluding steroid dienone is 1. The number of nitrogens with zero attached hydrogens (tertiary/aromatic N) is 3. The van der Waals surface area contributed by atoms with Gasteiger partial charge in [-0.25, -0.2) is 15.0 Å². The summed E-state index contributed by atoms with van der Waals surface area (Å²) in [6.07, 6.45) is 3.62. The maximum absolute atomic E-state index is 8.32. The van der Waals surface area contributed by atoms with Crippen LogP contribution in [0.3, 0.4) is 0 Å². The van der Waals surface area contributed by atoms with Crippen LogP contribution < -0.4 is 5.73 Å². The van der Waals surface area contributed by atoms with Gasteiger partial charge in [0.2, 0.25) is 0 Å². The molecular weight excluding hydrogens is 514 g/mol. The molecule has 0 radical (unpaired) electrons. The molecule has 0 fully saturated rings. The smallest absolute Gasteiger partial charge is 0.164 e. The van der Waals surface area contributed by atoms with Crippen LogP contribution in [0.15, 0.2) is 152 Å². The minimum absolute atomic E-state index is 0.330. The Labute approximate surface area is 245 Å². The Morgan fingerprint density at radius 3 is 1.57 bits per heavy atom. The molecule has 202 valence electrons. The van der Waals surface area contributed by atoms with Gasteiger partial charge in [-0.3, -0.25) is 0 Å². The zero-order chi connectivity index (χ0) is 28.7. The van der Waals surface area contributed by atoms with Gasteiger partial charge >= 0.3 is 0 Å². The monoisotopic (exact) mass is 543 g/mol. The fraction of sp³-hybridized carbons (Fsp3) is 0.0270. The highest BCUT2D eigenvalue weighted by Crippen LogP contribution is 2.33. The molecule has 5 nitrogen and oxygen atoms in total. The lowest BCUT2D eigenvalue weighted by molar-refractivity contribution is 0.912. The standard InChI is InChI=1S/C37H29N5/c38-33(27-12-4-1-5-13-27)24-25-34(39)28-22-20-26(21-23-28)31-18-10-11-19-32(31)37-41-35(29-14-6-2-7-15-29)40-36(42-37)30-16-8-3-9-17-30/h1-25,34,38H,39H2/b25-24-,38-33?. The molecule has 6 rings (SSSR count). The largest absolute Gasteiger partial charge is 0.321 e. The molecule has 6 aromatic rings. The van der Waals surface area contributed by atoms with E-state index in [1.807, 2.05) is 127 Å². The van der Waals surface area contributed by atoms with Crippen molar-refractivity contribution in [1.82, 2.24) is 15.0 Å². The van der Waals surface area contributed by atoms with Gasteiger partial charge in [-0.1, -0.05) is 146 Å². The van der Waals surface area contributed by atoms with Gasteiger partial charge in [0.1, 0.15) is 0 Å². The van der Waals surface area contributed by atoms with Gasteiger partial charge in [-0.2, -0.15) is 0 Å². The van der Waals surface area contributed by atoms with Crippen LogP contribution in [-0.4, -0.2) is 20.7 Å². The molecule has 5 heteroatoms. The lowest BCUT2D eigenvalue weighted by Gasteiger charge is -2.13. The molecule has 0 amide bonds. The first-order chi connectivity index (χ1) is 20.7. The van der Waals surface area contributed by atoms with Crippen molar-refractivity contribution in [2.45, 2.75) is 6.04 Å². The fourth-order valence-electron chi connectivity index (χ4n) is 4.77. The van der Waals surface area contributed by atoms with E-state index in [2.05, 4.69) is 18.2 Å². The molecule has 0 aliphatic carbocycles. The van der Waals surface area contributed by atoms with E-state index in [1.165, 1.54) is 0 Å². The summed E-state index contributed by atoms with van der Waals surface area (Å²) in [7, 11) is 0. The van der Waals surface area contributed by atoms with Gasteiger partial charge < -0.3 is 11.1 Å². The molecule has 0 saturated carbocycles. The summed E-state index contributed by atoms with van der Waals surface area (Å²) in [5, 5.41) is 8.32. The minimum atomic E-state index is -0.330. The van der Waals surface area contributed by atoms with E-state index >= 15 is 0 Å². The maximum atomic E-state index is 8.32. The number of nitrogens with one attached hydrogen (secondary N) is 1. The molecule has 0 aliphatic heterocycles. The zero-order valence-electron chi connectivity index (χ0n) is 22.9. The summed E-state index contributed by atoms with van der Waals surface area (Å²) < 4.78 is 0. The van der Waals surface area contributed by atoms with Crippen molar-refractivity contribution in [2.75, 3.05) is 0 Å². The van der Waals surface area contributed by atoms with Gasteiger partial charge in [0.25, 0.3) is 0 Å². The van der Waals surface area contributed by atoms with Crippen molar-refractivity contribution >= 4 is 5.71 Å². The van der Waals surface area contributed by atoms with Crippen LogP contribution in [0.4, 0.5) is 0 Å². The molecule has 1 atom stereocenters. The predicted molar refractivity (Wildman–Crippen MR) is 171 cm³/mol. The average Bonchev–Trinajstić information content (AvgIpc) is 3.08. The SMILES string of the molecule is N=C(/C=C\C(N)c1ccc(-c2ccccc2-c2nc(-c3ccccc3)nc(-c3ccccc3)n2)cc1)c1ccccc1. The van der Waals surface area contributed by atoms with Gasteiger partial charge in [0.05, 0.1) is 5.71 Å². The molecule has 1 heterocycles. The molecular formula is C37H29N5. The average molecular weight is 544 g/mol. The molecule has 0 aliphatic rings. The van der Waals surface area contributed by atoms with Crippen molar-refractivity contribution in [1.29, 1.82) is 5.41 Å². The summed E-state index contributed by atoms with van der Waals surface area (Å²) in [6, 6.07) is 45.6. The topological polar surface area (TPSA) is 88.5 Å². The van der Waals surface area contributed by atoms with Crippen LogP contribution in [-0.2, 0) is 0 Å². The first kappa shape index (κ1) is 26.7. The third-order valence-corrected chi connectivity index (χ3v) is 7.03. The number of nitrogens with two attached hydrogens (primary N) is 1. The number of rotatable bonds is 8. The van der Waals surface area contributed by atoms with Gasteiger partial charge in [-0.05, 0) is 28.3 Å². The van der Waals surface area contributed by atoms with Crippen molar-refractivity contribution in [2.24, 2.45) is 5.73 Å². The summed E-state index contributed by atoms with van der Waals surface area (Å²) in [4.78, 5) is 14.7. The van der Waals surface area contributed by atoms with E-state index in [0.717, 1.165) is 38.9 Å². The van der Waals surface area contributed by atoms with Gasteiger partial charge in [0.15, 0.2) is 17.5 Å². The highest BCUT2D eigenvalue weighted by atomic mass is 15.0. The van der Waals surface area contributed by atoms with Crippen LogP contribution in [0.1, 0.15) is 17.2 Å². The van der Waals surface area contributed by atoms with Gasteiger partial charge in [0, 0.05) is 22.7 Å². The lowest BCUT2D eigenvalue weighted by atomic mass is 9.96. The molecule has 0 saturated heterocycles. The number of aromatic nitrogens is 3. The van der Waals surface area contributed by atoms with E-state index in [0.29, 0.717) is 23.2 Å². The second-order valence-electron chi connectivity index (χ2n) is 9.87.